The Morgan fingerprint density at radius 1 is 1.18 bits per heavy atom. The van der Waals surface area contributed by atoms with Gasteiger partial charge in [0.25, 0.3) is 0 Å². The predicted octanol–water partition coefficient (Wildman–Crippen LogP) is 5.71. The summed E-state index contributed by atoms with van der Waals surface area (Å²) in [5.74, 6) is 0.939. The molecule has 1 fully saturated rings. The first kappa shape index (κ1) is 13.1. The molecule has 0 N–H and O–H groups in total. The quantitative estimate of drug-likeness (QED) is 0.626. The van der Waals surface area contributed by atoms with Crippen LogP contribution in [0.25, 0.3) is 0 Å². The van der Waals surface area contributed by atoms with Crippen molar-refractivity contribution in [3.63, 3.8) is 0 Å². The Labute approximate surface area is 114 Å². The van der Waals surface area contributed by atoms with Gasteiger partial charge >= 0.3 is 0 Å². The number of hydrogen-bond acceptors (Lipinski definition) is 0. The van der Waals surface area contributed by atoms with Crippen LogP contribution in [-0.2, 0) is 0 Å². The van der Waals surface area contributed by atoms with Crippen molar-refractivity contribution >= 4 is 15.9 Å². The molecule has 0 heterocycles. The zero-order chi connectivity index (χ0) is 12.3. The monoisotopic (exact) mass is 294 g/mol. The van der Waals surface area contributed by atoms with Gasteiger partial charge in [-0.15, -0.1) is 0 Å². The molecule has 1 aliphatic carbocycles. The van der Waals surface area contributed by atoms with Gasteiger partial charge in [0.05, 0.1) is 0 Å². The van der Waals surface area contributed by atoms with E-state index in [2.05, 4.69) is 48.0 Å². The first-order valence-electron chi connectivity index (χ1n) is 6.88. The summed E-state index contributed by atoms with van der Waals surface area (Å²) in [6, 6.07) is 6.83. The lowest BCUT2D eigenvalue weighted by molar-refractivity contribution is 0.338. The van der Waals surface area contributed by atoms with Crippen molar-refractivity contribution in [2.45, 2.75) is 57.2 Å². The predicted molar refractivity (Wildman–Crippen MR) is 78.8 cm³/mol. The zero-order valence-electron chi connectivity index (χ0n) is 11.0. The fraction of sp³-hybridized carbons (Fsp3) is 0.625. The van der Waals surface area contributed by atoms with Crippen LogP contribution in [0.3, 0.4) is 0 Å². The fourth-order valence-corrected chi connectivity index (χ4v) is 4.06. The minimum atomic E-state index is 0.547. The lowest BCUT2D eigenvalue weighted by Gasteiger charge is -2.24. The summed E-state index contributed by atoms with van der Waals surface area (Å²) in [5.41, 5.74) is 4.28. The van der Waals surface area contributed by atoms with E-state index in [1.54, 1.807) is 0 Å². The molecule has 0 aliphatic heterocycles. The average Bonchev–Trinajstić information content (AvgIpc) is 2.30. The Morgan fingerprint density at radius 2 is 1.88 bits per heavy atom. The molecule has 1 aromatic rings. The van der Waals surface area contributed by atoms with Crippen LogP contribution in [0.5, 0.6) is 0 Å². The lowest BCUT2D eigenvalue weighted by atomic mass is 9.84. The van der Waals surface area contributed by atoms with Crippen molar-refractivity contribution in [3.05, 3.63) is 34.9 Å². The molecule has 0 nitrogen and oxygen atoms in total. The van der Waals surface area contributed by atoms with Gasteiger partial charge in [-0.25, -0.2) is 0 Å². The molecule has 1 heteroatoms. The van der Waals surface area contributed by atoms with Crippen molar-refractivity contribution in [2.24, 2.45) is 5.92 Å². The summed E-state index contributed by atoms with van der Waals surface area (Å²) in [7, 11) is 0. The summed E-state index contributed by atoms with van der Waals surface area (Å²) >= 11 is 3.90. The maximum atomic E-state index is 3.90. The number of alkyl halides is 1. The van der Waals surface area contributed by atoms with Crippen molar-refractivity contribution < 1.29 is 0 Å². The molecular formula is C16H23Br. The third-order valence-electron chi connectivity index (χ3n) is 4.03. The zero-order valence-corrected chi connectivity index (χ0v) is 12.6. The van der Waals surface area contributed by atoms with Crippen LogP contribution in [0.2, 0.25) is 0 Å². The van der Waals surface area contributed by atoms with Gasteiger partial charge in [0, 0.05) is 4.83 Å². The SMILES string of the molecule is Cc1ccc(C(Br)CC2CCCCC2)c(C)c1. The topological polar surface area (TPSA) is 0 Å². The van der Waals surface area contributed by atoms with E-state index < -0.39 is 0 Å². The maximum Gasteiger partial charge on any atom is 0.0400 e. The summed E-state index contributed by atoms with van der Waals surface area (Å²) < 4.78 is 0. The van der Waals surface area contributed by atoms with Gasteiger partial charge < -0.3 is 0 Å². The fourth-order valence-electron chi connectivity index (χ4n) is 3.02. The molecule has 0 amide bonds. The van der Waals surface area contributed by atoms with Crippen LogP contribution in [0.4, 0.5) is 0 Å². The smallest absolute Gasteiger partial charge is 0.0400 e. The Kier molecular flexibility index (Phi) is 4.67. The van der Waals surface area contributed by atoms with Gasteiger partial charge in [0.15, 0.2) is 0 Å². The molecule has 94 valence electrons. The highest BCUT2D eigenvalue weighted by Gasteiger charge is 2.19. The van der Waals surface area contributed by atoms with Gasteiger partial charge in [0.2, 0.25) is 0 Å². The molecule has 0 saturated heterocycles. The van der Waals surface area contributed by atoms with Gasteiger partial charge in [-0.05, 0) is 37.3 Å². The molecule has 1 unspecified atom stereocenters. The molecule has 17 heavy (non-hydrogen) atoms. The molecule has 0 spiro atoms. The van der Waals surface area contributed by atoms with Crippen LogP contribution in [0.1, 0.15) is 60.0 Å². The van der Waals surface area contributed by atoms with E-state index in [1.165, 1.54) is 55.2 Å². The van der Waals surface area contributed by atoms with E-state index in [1.807, 2.05) is 0 Å². The molecule has 0 aromatic heterocycles. The summed E-state index contributed by atoms with van der Waals surface area (Å²) in [5, 5.41) is 0. The Hall–Kier alpha value is -0.300. The summed E-state index contributed by atoms with van der Waals surface area (Å²) in [6.07, 6.45) is 8.52. The van der Waals surface area contributed by atoms with Crippen molar-refractivity contribution in [1.82, 2.24) is 0 Å². The minimum absolute atomic E-state index is 0.547. The van der Waals surface area contributed by atoms with Crippen LogP contribution in [0, 0.1) is 19.8 Å². The summed E-state index contributed by atoms with van der Waals surface area (Å²) in [6.45, 7) is 4.40. The van der Waals surface area contributed by atoms with E-state index >= 15 is 0 Å². The number of aryl methyl sites for hydroxylation is 2. The van der Waals surface area contributed by atoms with Crippen LogP contribution in [-0.4, -0.2) is 0 Å². The van der Waals surface area contributed by atoms with Crippen molar-refractivity contribution in [2.75, 3.05) is 0 Å². The van der Waals surface area contributed by atoms with Gasteiger partial charge in [-0.2, -0.15) is 0 Å². The van der Waals surface area contributed by atoms with Crippen molar-refractivity contribution in [3.8, 4) is 0 Å². The Balaban J connectivity index is 2.00. The standard InChI is InChI=1S/C16H23Br/c1-12-8-9-15(13(2)10-12)16(17)11-14-6-4-3-5-7-14/h8-10,14,16H,3-7,11H2,1-2H3. The molecule has 2 rings (SSSR count). The van der Waals surface area contributed by atoms with Crippen LogP contribution in [0.15, 0.2) is 18.2 Å². The highest BCUT2D eigenvalue weighted by atomic mass is 79.9. The summed E-state index contributed by atoms with van der Waals surface area (Å²) in [4.78, 5) is 0.547. The Bertz CT molecular complexity index is 364. The first-order chi connectivity index (χ1) is 8.16. The Morgan fingerprint density at radius 3 is 2.53 bits per heavy atom. The lowest BCUT2D eigenvalue weighted by Crippen LogP contribution is -2.09. The van der Waals surface area contributed by atoms with Crippen LogP contribution >= 0.6 is 15.9 Å². The first-order valence-corrected chi connectivity index (χ1v) is 7.79. The number of hydrogen-bond donors (Lipinski definition) is 0. The van der Waals surface area contributed by atoms with Gasteiger partial charge in [-0.3, -0.25) is 0 Å². The van der Waals surface area contributed by atoms with E-state index in [-0.39, 0.29) is 0 Å². The molecule has 1 saturated carbocycles. The third kappa shape index (κ3) is 3.58. The number of rotatable bonds is 3. The van der Waals surface area contributed by atoms with E-state index in [4.69, 9.17) is 0 Å². The molecule has 1 aliphatic rings. The van der Waals surface area contributed by atoms with Gasteiger partial charge in [-0.1, -0.05) is 71.8 Å². The van der Waals surface area contributed by atoms with E-state index in [9.17, 15) is 0 Å². The van der Waals surface area contributed by atoms with E-state index in [0.29, 0.717) is 4.83 Å². The molecule has 0 radical (unpaired) electrons. The maximum absolute atomic E-state index is 3.90. The van der Waals surface area contributed by atoms with E-state index in [0.717, 1.165) is 5.92 Å². The number of halogens is 1. The second kappa shape index (κ2) is 6.04. The normalized spacial score (nSPS) is 19.2. The molecule has 1 atom stereocenters. The average molecular weight is 295 g/mol. The third-order valence-corrected chi connectivity index (χ3v) is 4.89. The molecule has 1 aromatic carbocycles. The highest BCUT2D eigenvalue weighted by Crippen LogP contribution is 2.37. The van der Waals surface area contributed by atoms with Crippen LogP contribution < -0.4 is 0 Å². The largest absolute Gasteiger partial charge is 0.0839 e. The second-order valence-electron chi connectivity index (χ2n) is 5.57. The highest BCUT2D eigenvalue weighted by molar-refractivity contribution is 9.09. The number of benzene rings is 1. The molecule has 0 bridgehead atoms. The van der Waals surface area contributed by atoms with Crippen molar-refractivity contribution in [1.29, 1.82) is 0 Å². The minimum Gasteiger partial charge on any atom is -0.0839 e. The van der Waals surface area contributed by atoms with Gasteiger partial charge in [0.1, 0.15) is 0 Å². The second-order valence-corrected chi connectivity index (χ2v) is 6.67. The molecular weight excluding hydrogens is 272 g/mol.